The lowest BCUT2D eigenvalue weighted by atomic mass is 10.2. The van der Waals surface area contributed by atoms with Crippen molar-refractivity contribution in [3.05, 3.63) is 48.2 Å². The summed E-state index contributed by atoms with van der Waals surface area (Å²) in [5.74, 6) is 0.353. The molecule has 100 valence electrons. The molecule has 7 heteroatoms. The Morgan fingerprint density at radius 3 is 2.42 bits per heavy atom. The first-order valence-corrected chi connectivity index (χ1v) is 5.52. The van der Waals surface area contributed by atoms with E-state index in [1.165, 1.54) is 6.07 Å². The fourth-order valence-electron chi connectivity index (χ4n) is 1.48. The van der Waals surface area contributed by atoms with E-state index in [0.29, 0.717) is 11.5 Å². The van der Waals surface area contributed by atoms with Crippen molar-refractivity contribution in [3.8, 4) is 0 Å². The molecule has 0 aromatic carbocycles. The van der Waals surface area contributed by atoms with Crippen LogP contribution in [-0.2, 0) is 6.18 Å². The molecule has 0 radical (unpaired) electrons. The Morgan fingerprint density at radius 1 is 1.11 bits per heavy atom. The third-order valence-corrected chi connectivity index (χ3v) is 2.48. The second-order valence-electron chi connectivity index (χ2n) is 3.93. The molecule has 0 fully saturated rings. The number of hydrogen-bond acceptors (Lipinski definition) is 4. The molecule has 2 aromatic rings. The van der Waals surface area contributed by atoms with Crippen LogP contribution in [0.2, 0.25) is 0 Å². The van der Waals surface area contributed by atoms with Crippen LogP contribution in [0.1, 0.15) is 24.2 Å². The first-order valence-electron chi connectivity index (χ1n) is 5.52. The highest BCUT2D eigenvalue weighted by Gasteiger charge is 2.30. The second-order valence-corrected chi connectivity index (χ2v) is 3.93. The highest BCUT2D eigenvalue weighted by atomic mass is 19.4. The summed E-state index contributed by atoms with van der Waals surface area (Å²) in [7, 11) is 0. The van der Waals surface area contributed by atoms with Crippen molar-refractivity contribution in [2.45, 2.75) is 19.1 Å². The maximum atomic E-state index is 12.4. The van der Waals surface area contributed by atoms with Crippen molar-refractivity contribution in [1.29, 1.82) is 0 Å². The summed E-state index contributed by atoms with van der Waals surface area (Å²) in [6.07, 6.45) is 1.11. The summed E-state index contributed by atoms with van der Waals surface area (Å²) < 4.78 is 37.1. The Labute approximate surface area is 107 Å². The Bertz CT molecular complexity index is 525. The van der Waals surface area contributed by atoms with Gasteiger partial charge in [-0.3, -0.25) is 9.97 Å². The maximum absolute atomic E-state index is 12.4. The van der Waals surface area contributed by atoms with Crippen molar-refractivity contribution >= 4 is 5.82 Å². The quantitative estimate of drug-likeness (QED) is 0.929. The lowest BCUT2D eigenvalue weighted by Gasteiger charge is -2.14. The maximum Gasteiger partial charge on any atom is 0.417 e. The van der Waals surface area contributed by atoms with Crippen LogP contribution < -0.4 is 5.32 Å². The summed E-state index contributed by atoms with van der Waals surface area (Å²) >= 11 is 0. The van der Waals surface area contributed by atoms with Gasteiger partial charge < -0.3 is 5.32 Å². The van der Waals surface area contributed by atoms with Crippen molar-refractivity contribution in [1.82, 2.24) is 15.0 Å². The summed E-state index contributed by atoms with van der Waals surface area (Å²) in [6.45, 7) is 1.82. The van der Waals surface area contributed by atoms with E-state index >= 15 is 0 Å². The number of nitrogens with zero attached hydrogens (tertiary/aromatic N) is 3. The van der Waals surface area contributed by atoms with E-state index < -0.39 is 11.7 Å². The molecule has 1 N–H and O–H groups in total. The fraction of sp³-hybridized carbons (Fsp3) is 0.250. The predicted octanol–water partition coefficient (Wildman–Crippen LogP) is 3.06. The first-order chi connectivity index (χ1) is 8.97. The Balaban J connectivity index is 2.08. The molecule has 4 nitrogen and oxygen atoms in total. The van der Waals surface area contributed by atoms with Gasteiger partial charge in [-0.1, -0.05) is 0 Å². The lowest BCUT2D eigenvalue weighted by Crippen LogP contribution is -2.11. The molecule has 0 saturated heterocycles. The van der Waals surface area contributed by atoms with Gasteiger partial charge in [0.25, 0.3) is 0 Å². The van der Waals surface area contributed by atoms with Gasteiger partial charge >= 0.3 is 6.18 Å². The molecule has 1 atom stereocenters. The zero-order chi connectivity index (χ0) is 13.9. The number of pyridine rings is 1. The van der Waals surface area contributed by atoms with Gasteiger partial charge in [-0.25, -0.2) is 4.98 Å². The summed E-state index contributed by atoms with van der Waals surface area (Å²) in [4.78, 5) is 11.8. The molecule has 2 aromatic heterocycles. The normalized spacial score (nSPS) is 13.1. The SMILES string of the molecule is C[C@@H](Nc1ccc(C(F)(F)F)cn1)c1cnccn1. The monoisotopic (exact) mass is 268 g/mol. The zero-order valence-electron chi connectivity index (χ0n) is 10.0. The van der Waals surface area contributed by atoms with E-state index in [1.54, 1.807) is 18.6 Å². The summed E-state index contributed by atoms with van der Waals surface area (Å²) in [5.41, 5.74) is -0.0885. The Hall–Kier alpha value is -2.18. The van der Waals surface area contributed by atoms with E-state index in [9.17, 15) is 13.2 Å². The molecule has 0 aliphatic heterocycles. The number of hydrogen-bond donors (Lipinski definition) is 1. The molecule has 0 amide bonds. The van der Waals surface area contributed by atoms with Crippen LogP contribution in [0.15, 0.2) is 36.9 Å². The van der Waals surface area contributed by atoms with Crippen molar-refractivity contribution in [3.63, 3.8) is 0 Å². The highest BCUT2D eigenvalue weighted by Crippen LogP contribution is 2.29. The van der Waals surface area contributed by atoms with Gasteiger partial charge in [-0.15, -0.1) is 0 Å². The molecule has 19 heavy (non-hydrogen) atoms. The van der Waals surface area contributed by atoms with Crippen LogP contribution in [0.5, 0.6) is 0 Å². The van der Waals surface area contributed by atoms with Gasteiger partial charge in [0.1, 0.15) is 5.82 Å². The molecule has 0 spiro atoms. The predicted molar refractivity (Wildman–Crippen MR) is 63.3 cm³/mol. The number of alkyl halides is 3. The van der Waals surface area contributed by atoms with Crippen LogP contribution in [0.4, 0.5) is 19.0 Å². The number of nitrogens with one attached hydrogen (secondary N) is 1. The van der Waals surface area contributed by atoms with Gasteiger partial charge in [0, 0.05) is 18.6 Å². The molecular formula is C12H11F3N4. The molecule has 0 aliphatic rings. The highest BCUT2D eigenvalue weighted by molar-refractivity contribution is 5.38. The van der Waals surface area contributed by atoms with Gasteiger partial charge in [0.2, 0.25) is 0 Å². The third-order valence-electron chi connectivity index (χ3n) is 2.48. The Kier molecular flexibility index (Phi) is 3.64. The standard InChI is InChI=1S/C12H11F3N4/c1-8(10-7-16-4-5-17-10)19-11-3-2-9(6-18-11)12(13,14)15/h2-8H,1H3,(H,18,19)/t8-/m1/s1. The second kappa shape index (κ2) is 5.21. The van der Waals surface area contributed by atoms with Crippen LogP contribution in [0, 0.1) is 0 Å². The Morgan fingerprint density at radius 2 is 1.89 bits per heavy atom. The molecule has 0 bridgehead atoms. The number of halogens is 3. The topological polar surface area (TPSA) is 50.7 Å². The van der Waals surface area contributed by atoms with E-state index in [0.717, 1.165) is 12.3 Å². The molecular weight excluding hydrogens is 257 g/mol. The lowest BCUT2D eigenvalue weighted by molar-refractivity contribution is -0.137. The van der Waals surface area contributed by atoms with Crippen molar-refractivity contribution in [2.24, 2.45) is 0 Å². The minimum absolute atomic E-state index is 0.196. The number of rotatable bonds is 3. The molecule has 2 heterocycles. The van der Waals surface area contributed by atoms with E-state index in [-0.39, 0.29) is 6.04 Å². The van der Waals surface area contributed by atoms with Crippen LogP contribution in [0.3, 0.4) is 0 Å². The van der Waals surface area contributed by atoms with Crippen molar-refractivity contribution < 1.29 is 13.2 Å². The van der Waals surface area contributed by atoms with E-state index in [2.05, 4.69) is 20.3 Å². The molecule has 2 rings (SSSR count). The molecule has 0 saturated carbocycles. The fourth-order valence-corrected chi connectivity index (χ4v) is 1.48. The minimum Gasteiger partial charge on any atom is -0.362 e. The van der Waals surface area contributed by atoms with Gasteiger partial charge in [-0.05, 0) is 19.1 Å². The minimum atomic E-state index is -4.37. The molecule has 0 aliphatic carbocycles. The number of anilines is 1. The summed E-state index contributed by atoms with van der Waals surface area (Å²) in [6, 6.07) is 2.08. The zero-order valence-corrected chi connectivity index (χ0v) is 10.0. The first kappa shape index (κ1) is 13.3. The van der Waals surface area contributed by atoms with Crippen LogP contribution >= 0.6 is 0 Å². The largest absolute Gasteiger partial charge is 0.417 e. The van der Waals surface area contributed by atoms with Crippen molar-refractivity contribution in [2.75, 3.05) is 5.32 Å². The average molecular weight is 268 g/mol. The van der Waals surface area contributed by atoms with Gasteiger partial charge in [-0.2, -0.15) is 13.2 Å². The van der Waals surface area contributed by atoms with E-state index in [4.69, 9.17) is 0 Å². The van der Waals surface area contributed by atoms with Crippen LogP contribution in [0.25, 0.3) is 0 Å². The average Bonchev–Trinajstić information content (AvgIpc) is 2.39. The van der Waals surface area contributed by atoms with Crippen LogP contribution in [-0.4, -0.2) is 15.0 Å². The van der Waals surface area contributed by atoms with Gasteiger partial charge in [0.15, 0.2) is 0 Å². The third kappa shape index (κ3) is 3.40. The van der Waals surface area contributed by atoms with Gasteiger partial charge in [0.05, 0.1) is 23.5 Å². The summed E-state index contributed by atoms with van der Waals surface area (Å²) in [5, 5.41) is 2.96. The number of aromatic nitrogens is 3. The molecule has 0 unspecified atom stereocenters. The van der Waals surface area contributed by atoms with E-state index in [1.807, 2.05) is 6.92 Å². The smallest absolute Gasteiger partial charge is 0.362 e.